The zero-order chi connectivity index (χ0) is 13.8. The van der Waals surface area contributed by atoms with E-state index in [1.54, 1.807) is 0 Å². The first-order valence-corrected chi connectivity index (χ1v) is 5.43. The number of primary amides is 1. The third kappa shape index (κ3) is 2.77. The number of ether oxygens (including phenoxy) is 1. The minimum atomic E-state index is -0.862. The van der Waals surface area contributed by atoms with Gasteiger partial charge in [0.05, 0.1) is 5.56 Å². The van der Waals surface area contributed by atoms with Gasteiger partial charge in [0, 0.05) is 5.56 Å². The van der Waals surface area contributed by atoms with E-state index in [9.17, 15) is 14.0 Å². The quantitative estimate of drug-likeness (QED) is 0.858. The van der Waals surface area contributed by atoms with Crippen LogP contribution in [0.1, 0.15) is 20.7 Å². The van der Waals surface area contributed by atoms with Crippen LogP contribution < -0.4 is 10.5 Å². The van der Waals surface area contributed by atoms with E-state index in [4.69, 9.17) is 10.5 Å². The molecular weight excluding hydrogens is 249 g/mol. The molecule has 2 N–H and O–H groups in total. The fourth-order valence-electron chi connectivity index (χ4n) is 1.52. The molecule has 0 aromatic heterocycles. The molecule has 0 spiro atoms. The van der Waals surface area contributed by atoms with Gasteiger partial charge in [-0.1, -0.05) is 6.07 Å². The Labute approximate surface area is 108 Å². The first-order chi connectivity index (χ1) is 9.11. The first-order valence-electron chi connectivity index (χ1n) is 5.43. The maximum Gasteiger partial charge on any atom is 0.251 e. The second-order valence-corrected chi connectivity index (χ2v) is 3.77. The van der Waals surface area contributed by atoms with E-state index < -0.39 is 11.7 Å². The van der Waals surface area contributed by atoms with Crippen molar-refractivity contribution in [2.45, 2.75) is 0 Å². The molecule has 0 aliphatic carbocycles. The van der Waals surface area contributed by atoms with E-state index in [0.29, 0.717) is 17.6 Å². The molecule has 19 heavy (non-hydrogen) atoms. The number of nitrogens with two attached hydrogens (primary N) is 1. The summed E-state index contributed by atoms with van der Waals surface area (Å²) in [6, 6.07) is 10.3. The van der Waals surface area contributed by atoms with Crippen molar-refractivity contribution in [2.75, 3.05) is 0 Å². The van der Waals surface area contributed by atoms with Crippen LogP contribution in [-0.4, -0.2) is 12.2 Å². The number of carbonyl (C=O) groups excluding carboxylic acids is 2. The molecule has 0 saturated carbocycles. The van der Waals surface area contributed by atoms with Crippen LogP contribution in [0, 0.1) is 5.82 Å². The van der Waals surface area contributed by atoms with Gasteiger partial charge >= 0.3 is 0 Å². The van der Waals surface area contributed by atoms with Gasteiger partial charge in [0.2, 0.25) is 0 Å². The number of carbonyl (C=O) groups is 2. The summed E-state index contributed by atoms with van der Waals surface area (Å²) in [6.45, 7) is 0. The zero-order valence-electron chi connectivity index (χ0n) is 9.80. The molecule has 0 saturated heterocycles. The highest BCUT2D eigenvalue weighted by atomic mass is 19.1. The number of hydrogen-bond donors (Lipinski definition) is 1. The highest BCUT2D eigenvalue weighted by Crippen LogP contribution is 2.26. The number of amides is 1. The molecule has 4 nitrogen and oxygen atoms in total. The van der Waals surface area contributed by atoms with Crippen LogP contribution in [0.2, 0.25) is 0 Å². The Morgan fingerprint density at radius 2 is 1.84 bits per heavy atom. The van der Waals surface area contributed by atoms with Crippen LogP contribution in [0.15, 0.2) is 42.5 Å². The van der Waals surface area contributed by atoms with Gasteiger partial charge < -0.3 is 10.5 Å². The minimum absolute atomic E-state index is 0.102. The molecule has 0 radical (unpaired) electrons. The summed E-state index contributed by atoms with van der Waals surface area (Å²) in [7, 11) is 0. The van der Waals surface area contributed by atoms with Crippen molar-refractivity contribution in [3.05, 3.63) is 59.4 Å². The van der Waals surface area contributed by atoms with Crippen molar-refractivity contribution in [2.24, 2.45) is 5.73 Å². The molecular formula is C14H10FNO3. The molecule has 1 amide bonds. The van der Waals surface area contributed by atoms with Gasteiger partial charge in [-0.2, -0.15) is 0 Å². The number of benzene rings is 2. The summed E-state index contributed by atoms with van der Waals surface area (Å²) < 4.78 is 19.2. The molecule has 0 fully saturated rings. The van der Waals surface area contributed by atoms with Crippen molar-refractivity contribution < 1.29 is 18.7 Å². The fraction of sp³-hybridized carbons (Fsp3) is 0. The molecule has 96 valence electrons. The molecule has 0 unspecified atom stereocenters. The number of aldehydes is 1. The highest BCUT2D eigenvalue weighted by molar-refractivity contribution is 5.93. The van der Waals surface area contributed by atoms with E-state index >= 15 is 0 Å². The monoisotopic (exact) mass is 259 g/mol. The molecule has 2 rings (SSSR count). The smallest absolute Gasteiger partial charge is 0.251 e. The molecule has 2 aromatic rings. The lowest BCUT2D eigenvalue weighted by atomic mass is 10.2. The van der Waals surface area contributed by atoms with Gasteiger partial charge in [-0.3, -0.25) is 9.59 Å². The maximum absolute atomic E-state index is 13.9. The van der Waals surface area contributed by atoms with Crippen molar-refractivity contribution in [3.63, 3.8) is 0 Å². The third-order valence-electron chi connectivity index (χ3n) is 2.47. The fourth-order valence-corrected chi connectivity index (χ4v) is 1.52. The summed E-state index contributed by atoms with van der Waals surface area (Å²) in [5.41, 5.74) is 5.29. The predicted molar refractivity (Wildman–Crippen MR) is 66.8 cm³/mol. The Morgan fingerprint density at radius 3 is 2.42 bits per heavy atom. The summed E-state index contributed by atoms with van der Waals surface area (Å²) in [6.07, 6.45) is 0.693. The maximum atomic E-state index is 13.9. The number of hydrogen-bond acceptors (Lipinski definition) is 3. The lowest BCUT2D eigenvalue weighted by Crippen LogP contribution is -2.13. The van der Waals surface area contributed by atoms with Crippen molar-refractivity contribution >= 4 is 12.2 Å². The summed E-state index contributed by atoms with van der Waals surface area (Å²) in [5.74, 6) is -1.42. The molecule has 0 aliphatic heterocycles. The average molecular weight is 259 g/mol. The Bertz CT molecular complexity index is 623. The first kappa shape index (κ1) is 12.8. The molecule has 0 aliphatic rings. The van der Waals surface area contributed by atoms with Gasteiger partial charge in [-0.05, 0) is 36.4 Å². The largest absolute Gasteiger partial charge is 0.454 e. The van der Waals surface area contributed by atoms with Crippen molar-refractivity contribution in [3.8, 4) is 11.5 Å². The van der Waals surface area contributed by atoms with Crippen LogP contribution >= 0.6 is 0 Å². The van der Waals surface area contributed by atoms with Crippen LogP contribution in [-0.2, 0) is 0 Å². The van der Waals surface area contributed by atoms with Crippen LogP contribution in [0.4, 0.5) is 4.39 Å². The zero-order valence-corrected chi connectivity index (χ0v) is 9.80. The van der Waals surface area contributed by atoms with E-state index in [-0.39, 0.29) is 11.3 Å². The predicted octanol–water partition coefficient (Wildman–Crippen LogP) is 2.53. The minimum Gasteiger partial charge on any atom is -0.454 e. The van der Waals surface area contributed by atoms with Crippen molar-refractivity contribution in [1.82, 2.24) is 0 Å². The van der Waals surface area contributed by atoms with E-state index in [1.165, 1.54) is 42.5 Å². The topological polar surface area (TPSA) is 69.4 Å². The lowest BCUT2D eigenvalue weighted by Gasteiger charge is -2.08. The normalized spacial score (nSPS) is 9.95. The second kappa shape index (κ2) is 5.30. The van der Waals surface area contributed by atoms with Crippen LogP contribution in [0.25, 0.3) is 0 Å². The van der Waals surface area contributed by atoms with E-state index in [0.717, 1.165) is 0 Å². The molecule has 5 heteroatoms. The highest BCUT2D eigenvalue weighted by Gasteiger charge is 2.13. The Morgan fingerprint density at radius 1 is 1.16 bits per heavy atom. The van der Waals surface area contributed by atoms with Gasteiger partial charge in [-0.25, -0.2) is 4.39 Å². The van der Waals surface area contributed by atoms with Gasteiger partial charge in [0.25, 0.3) is 5.91 Å². The number of rotatable bonds is 4. The van der Waals surface area contributed by atoms with Gasteiger partial charge in [-0.15, -0.1) is 0 Å². The lowest BCUT2D eigenvalue weighted by molar-refractivity contribution is 0.0995. The SMILES string of the molecule is NC(=O)c1cccc(Oc2ccc(C=O)cc2)c1F. The Hall–Kier alpha value is -2.69. The third-order valence-corrected chi connectivity index (χ3v) is 2.47. The standard InChI is InChI=1S/C14H10FNO3/c15-13-11(14(16)18)2-1-3-12(13)19-10-6-4-9(8-17)5-7-10/h1-8H,(H2,16,18). The summed E-state index contributed by atoms with van der Waals surface area (Å²) in [4.78, 5) is 21.5. The molecule has 2 aromatic carbocycles. The number of halogens is 1. The van der Waals surface area contributed by atoms with E-state index in [2.05, 4.69) is 0 Å². The average Bonchev–Trinajstić information content (AvgIpc) is 2.41. The van der Waals surface area contributed by atoms with E-state index in [1.807, 2.05) is 0 Å². The summed E-state index contributed by atoms with van der Waals surface area (Å²) >= 11 is 0. The molecule has 0 heterocycles. The second-order valence-electron chi connectivity index (χ2n) is 3.77. The van der Waals surface area contributed by atoms with Crippen LogP contribution in [0.5, 0.6) is 11.5 Å². The molecule has 0 atom stereocenters. The van der Waals surface area contributed by atoms with Crippen LogP contribution in [0.3, 0.4) is 0 Å². The van der Waals surface area contributed by atoms with Crippen molar-refractivity contribution in [1.29, 1.82) is 0 Å². The van der Waals surface area contributed by atoms with Gasteiger partial charge in [0.1, 0.15) is 12.0 Å². The summed E-state index contributed by atoms with van der Waals surface area (Å²) in [5, 5.41) is 0. The van der Waals surface area contributed by atoms with Gasteiger partial charge in [0.15, 0.2) is 11.6 Å². The molecule has 0 bridgehead atoms. The Kier molecular flexibility index (Phi) is 3.56. The Balaban J connectivity index is 2.30.